The van der Waals surface area contributed by atoms with Crippen LogP contribution in [0.15, 0.2) is 84.9 Å². The van der Waals surface area contributed by atoms with E-state index in [0.29, 0.717) is 17.5 Å². The average molecular weight is 701 g/mol. The maximum Gasteiger partial charge on any atom is 0.342 e. The number of ketones is 1. The standard InChI is InChI=1S/C43H40O9/c1-22(26-11-7-5-8-12-26)15-16-32(44)37-28-17-23(2)35(39(47)30(28)19-33(45)41(37)49)36-24(3)18-29-31(40(36)48)20-34(46)42(50)38(29)43(51)52-21-25(4)27-13-9-6-10-14-27/h5-14,17-20,22,25,45-50H,15-16,21H2,1-4H3/t22-,25-/m0/s1. The van der Waals surface area contributed by atoms with Crippen LogP contribution in [0.1, 0.15) is 81.5 Å². The van der Waals surface area contributed by atoms with Crippen molar-refractivity contribution in [2.24, 2.45) is 0 Å². The van der Waals surface area contributed by atoms with Gasteiger partial charge in [-0.05, 0) is 72.7 Å². The zero-order valence-corrected chi connectivity index (χ0v) is 29.3. The first-order chi connectivity index (χ1) is 24.8. The summed E-state index contributed by atoms with van der Waals surface area (Å²) in [5.41, 5.74) is 2.71. The number of carbonyl (C=O) groups excluding carboxylic acids is 2. The van der Waals surface area contributed by atoms with E-state index in [9.17, 15) is 40.2 Å². The van der Waals surface area contributed by atoms with Crippen molar-refractivity contribution in [2.45, 2.75) is 52.4 Å². The Kier molecular flexibility index (Phi) is 9.71. The van der Waals surface area contributed by atoms with E-state index in [1.807, 2.05) is 74.5 Å². The molecule has 6 aromatic carbocycles. The molecule has 0 unspecified atom stereocenters. The van der Waals surface area contributed by atoms with Crippen molar-refractivity contribution in [3.8, 4) is 45.6 Å². The first-order valence-electron chi connectivity index (χ1n) is 17.0. The molecule has 6 N–H and O–H groups in total. The van der Waals surface area contributed by atoms with E-state index >= 15 is 0 Å². The molecular formula is C43H40O9. The van der Waals surface area contributed by atoms with Gasteiger partial charge in [-0.3, -0.25) is 4.79 Å². The molecule has 6 aromatic rings. The van der Waals surface area contributed by atoms with E-state index < -0.39 is 40.5 Å². The number of carbonyl (C=O) groups is 2. The van der Waals surface area contributed by atoms with Crippen LogP contribution in [0, 0.1) is 13.8 Å². The fourth-order valence-electron chi connectivity index (χ4n) is 6.95. The monoisotopic (exact) mass is 700 g/mol. The highest BCUT2D eigenvalue weighted by Crippen LogP contribution is 2.51. The lowest BCUT2D eigenvalue weighted by atomic mass is 9.86. The van der Waals surface area contributed by atoms with Crippen molar-refractivity contribution in [1.29, 1.82) is 0 Å². The van der Waals surface area contributed by atoms with Gasteiger partial charge < -0.3 is 35.4 Å². The molecule has 0 saturated heterocycles. The van der Waals surface area contributed by atoms with Crippen LogP contribution in [0.4, 0.5) is 0 Å². The zero-order valence-electron chi connectivity index (χ0n) is 29.3. The van der Waals surface area contributed by atoms with E-state index in [1.165, 1.54) is 0 Å². The molecule has 0 aromatic heterocycles. The third kappa shape index (κ3) is 6.41. The van der Waals surface area contributed by atoms with Crippen molar-refractivity contribution < 1.29 is 45.0 Å². The molecule has 52 heavy (non-hydrogen) atoms. The van der Waals surface area contributed by atoms with Crippen LogP contribution in [0.25, 0.3) is 32.7 Å². The van der Waals surface area contributed by atoms with E-state index in [0.717, 1.165) is 23.3 Å². The SMILES string of the molecule is Cc1cc2c(C(=O)CC[C@H](C)c3ccccc3)c(O)c(O)cc2c(O)c1-c1c(C)cc2c(C(=O)OC[C@H](C)c3ccccc3)c(O)c(O)cc2c1O. The lowest BCUT2D eigenvalue weighted by Gasteiger charge is -2.20. The summed E-state index contributed by atoms with van der Waals surface area (Å²) in [6, 6.07) is 24.6. The number of aromatic hydroxyl groups is 6. The van der Waals surface area contributed by atoms with Crippen molar-refractivity contribution >= 4 is 33.3 Å². The Bertz CT molecular complexity index is 2180. The summed E-state index contributed by atoms with van der Waals surface area (Å²) in [7, 11) is 0. The molecule has 9 nitrogen and oxygen atoms in total. The number of ether oxygens (including phenoxy) is 1. The summed E-state index contributed by atoms with van der Waals surface area (Å²) in [6.45, 7) is 7.19. The second-order valence-electron chi connectivity index (χ2n) is 13.4. The highest BCUT2D eigenvalue weighted by atomic mass is 16.5. The molecule has 6 rings (SSSR count). The largest absolute Gasteiger partial charge is 0.507 e. The summed E-state index contributed by atoms with van der Waals surface area (Å²) in [5, 5.41) is 67.1. The van der Waals surface area contributed by atoms with Crippen LogP contribution in [0.2, 0.25) is 0 Å². The molecule has 0 radical (unpaired) electrons. The second-order valence-corrected chi connectivity index (χ2v) is 13.4. The molecule has 0 amide bonds. The molecule has 0 saturated carbocycles. The van der Waals surface area contributed by atoms with Crippen molar-refractivity contribution in [3.63, 3.8) is 0 Å². The number of esters is 1. The number of benzene rings is 6. The highest BCUT2D eigenvalue weighted by molar-refractivity contribution is 6.16. The molecule has 0 aliphatic carbocycles. The number of phenolic OH excluding ortho intramolecular Hbond substituents is 6. The van der Waals surface area contributed by atoms with Crippen LogP contribution in [0.5, 0.6) is 34.5 Å². The molecular weight excluding hydrogens is 660 g/mol. The highest BCUT2D eigenvalue weighted by Gasteiger charge is 2.28. The van der Waals surface area contributed by atoms with Crippen molar-refractivity contribution in [3.05, 3.63) is 118 Å². The average Bonchev–Trinajstić information content (AvgIpc) is 3.13. The predicted octanol–water partition coefficient (Wildman–Crippen LogP) is 9.24. The van der Waals surface area contributed by atoms with Gasteiger partial charge in [0.15, 0.2) is 28.8 Å². The van der Waals surface area contributed by atoms with Crippen molar-refractivity contribution in [2.75, 3.05) is 6.61 Å². The minimum atomic E-state index is -0.900. The van der Waals surface area contributed by atoms with E-state index in [1.54, 1.807) is 26.0 Å². The van der Waals surface area contributed by atoms with Gasteiger partial charge in [-0.15, -0.1) is 0 Å². The summed E-state index contributed by atoms with van der Waals surface area (Å²) in [6.07, 6.45) is 0.553. The Morgan fingerprint density at radius 1 is 0.577 bits per heavy atom. The minimum absolute atomic E-state index is 0.00835. The van der Waals surface area contributed by atoms with Crippen molar-refractivity contribution in [1.82, 2.24) is 0 Å². The maximum atomic E-state index is 13.6. The first kappa shape index (κ1) is 35.6. The molecule has 9 heteroatoms. The maximum absolute atomic E-state index is 13.6. The van der Waals surface area contributed by atoms with E-state index in [4.69, 9.17) is 4.74 Å². The van der Waals surface area contributed by atoms with Gasteiger partial charge in [0.25, 0.3) is 0 Å². The summed E-state index contributed by atoms with van der Waals surface area (Å²) < 4.78 is 5.57. The molecule has 0 spiro atoms. The van der Waals surface area contributed by atoms with Crippen LogP contribution >= 0.6 is 0 Å². The molecule has 2 atom stereocenters. The number of hydrogen-bond donors (Lipinski definition) is 6. The Morgan fingerprint density at radius 2 is 1.02 bits per heavy atom. The van der Waals surface area contributed by atoms with E-state index in [-0.39, 0.29) is 74.4 Å². The van der Waals surface area contributed by atoms with Gasteiger partial charge in [-0.25, -0.2) is 4.79 Å². The topological polar surface area (TPSA) is 165 Å². The van der Waals surface area contributed by atoms with Gasteiger partial charge in [0, 0.05) is 45.0 Å². The zero-order chi connectivity index (χ0) is 37.4. The summed E-state index contributed by atoms with van der Waals surface area (Å²) in [4.78, 5) is 27.0. The normalized spacial score (nSPS) is 12.5. The minimum Gasteiger partial charge on any atom is -0.507 e. The van der Waals surface area contributed by atoms with Gasteiger partial charge in [0.05, 0.1) is 12.2 Å². The number of phenols is 6. The van der Waals surface area contributed by atoms with Crippen LogP contribution in [-0.2, 0) is 4.74 Å². The predicted molar refractivity (Wildman–Crippen MR) is 200 cm³/mol. The van der Waals surface area contributed by atoms with Crippen LogP contribution < -0.4 is 0 Å². The Morgan fingerprint density at radius 3 is 1.52 bits per heavy atom. The van der Waals surface area contributed by atoms with Crippen LogP contribution in [-0.4, -0.2) is 49.0 Å². The summed E-state index contributed by atoms with van der Waals surface area (Å²) >= 11 is 0. The number of rotatable bonds is 10. The Labute approximate surface area is 300 Å². The number of hydrogen-bond acceptors (Lipinski definition) is 9. The lowest BCUT2D eigenvalue weighted by Crippen LogP contribution is -2.12. The quantitative estimate of drug-likeness (QED) is 0.0464. The summed E-state index contributed by atoms with van der Waals surface area (Å²) in [5.74, 6) is -4.73. The van der Waals surface area contributed by atoms with E-state index in [2.05, 4.69) is 0 Å². The number of Topliss-reactive ketones (excluding diaryl/α,β-unsaturated/α-hetero) is 1. The fourth-order valence-corrected chi connectivity index (χ4v) is 6.95. The lowest BCUT2D eigenvalue weighted by molar-refractivity contribution is 0.0483. The van der Waals surface area contributed by atoms with Crippen LogP contribution in [0.3, 0.4) is 0 Å². The first-order valence-corrected chi connectivity index (χ1v) is 17.0. The van der Waals surface area contributed by atoms with Gasteiger partial charge in [-0.1, -0.05) is 74.5 Å². The van der Waals surface area contributed by atoms with Gasteiger partial charge in [-0.2, -0.15) is 0 Å². The third-order valence-corrected chi connectivity index (χ3v) is 9.87. The molecule has 0 bridgehead atoms. The fraction of sp³-hybridized carbons (Fsp3) is 0.209. The molecule has 0 aliphatic heterocycles. The Balaban J connectivity index is 1.41. The number of aryl methyl sites for hydroxylation is 2. The van der Waals surface area contributed by atoms with Gasteiger partial charge in [0.1, 0.15) is 17.1 Å². The third-order valence-electron chi connectivity index (χ3n) is 9.87. The second kappa shape index (κ2) is 14.2. The number of fused-ring (bicyclic) bond motifs is 2. The molecule has 0 fully saturated rings. The smallest absolute Gasteiger partial charge is 0.342 e. The molecule has 0 heterocycles. The Hall–Kier alpha value is -6.22. The van der Waals surface area contributed by atoms with Gasteiger partial charge >= 0.3 is 5.97 Å². The molecule has 0 aliphatic rings. The molecule has 266 valence electrons. The van der Waals surface area contributed by atoms with Gasteiger partial charge in [0.2, 0.25) is 0 Å².